The number of unbranched alkanes of at least 4 members (excludes halogenated alkanes) is 1. The molecule has 0 bridgehead atoms. The lowest BCUT2D eigenvalue weighted by molar-refractivity contribution is 0.294. The average molecular weight is 275 g/mol. The Labute approximate surface area is 122 Å². The maximum absolute atomic E-state index is 8.92. The summed E-state index contributed by atoms with van der Waals surface area (Å²) in [6.07, 6.45) is 4.65. The number of hydrogen-bond donors (Lipinski definition) is 1. The number of hydrogen-bond acceptors (Lipinski definition) is 4. The molecule has 0 saturated heterocycles. The maximum atomic E-state index is 8.92. The summed E-state index contributed by atoms with van der Waals surface area (Å²) in [5.41, 5.74) is 0.796. The Hall–Kier alpha value is -1.60. The summed E-state index contributed by atoms with van der Waals surface area (Å²) >= 11 is 0. The second kappa shape index (κ2) is 8.55. The van der Waals surface area contributed by atoms with Crippen molar-refractivity contribution < 1.29 is 4.74 Å². The normalized spacial score (nSPS) is 11.1. The highest BCUT2D eigenvalue weighted by Crippen LogP contribution is 2.21. The molecule has 1 aromatic rings. The Kier molecular flexibility index (Phi) is 7.03. The Balaban J connectivity index is 2.21. The predicted molar refractivity (Wildman–Crippen MR) is 80.4 cm³/mol. The van der Waals surface area contributed by atoms with Gasteiger partial charge in [0.2, 0.25) is 0 Å². The number of aromatic nitrogens is 1. The predicted octanol–water partition coefficient (Wildman–Crippen LogP) is 3.29. The van der Waals surface area contributed by atoms with Crippen molar-refractivity contribution in [2.45, 2.75) is 46.6 Å². The Morgan fingerprint density at radius 3 is 2.75 bits per heavy atom. The Bertz CT molecular complexity index is 420. The van der Waals surface area contributed by atoms with Gasteiger partial charge in [0.15, 0.2) is 0 Å². The number of nitrogens with zero attached hydrogens (tertiary/aromatic N) is 2. The fourth-order valence-electron chi connectivity index (χ4n) is 1.77. The molecule has 0 aliphatic heterocycles. The fraction of sp³-hybridized carbons (Fsp3) is 0.625. The lowest BCUT2D eigenvalue weighted by Gasteiger charge is -2.14. The first-order valence-corrected chi connectivity index (χ1v) is 7.27. The monoisotopic (exact) mass is 275 g/mol. The number of ether oxygens (including phenoxy) is 1. The average Bonchev–Trinajstić information content (AvgIpc) is 2.46. The van der Waals surface area contributed by atoms with Crippen LogP contribution in [0.15, 0.2) is 18.3 Å². The van der Waals surface area contributed by atoms with Gasteiger partial charge in [0, 0.05) is 6.54 Å². The molecule has 1 N–H and O–H groups in total. The lowest BCUT2D eigenvalue weighted by Crippen LogP contribution is -2.12. The molecule has 4 heteroatoms. The van der Waals surface area contributed by atoms with Crippen LogP contribution in [-0.2, 0) is 6.54 Å². The first-order valence-electron chi connectivity index (χ1n) is 7.27. The maximum Gasteiger partial charge on any atom is 0.137 e. The summed E-state index contributed by atoms with van der Waals surface area (Å²) in [6, 6.07) is 6.26. The van der Waals surface area contributed by atoms with Crippen molar-refractivity contribution in [3.05, 3.63) is 24.0 Å². The van der Waals surface area contributed by atoms with Crippen LogP contribution in [0.25, 0.3) is 0 Å². The highest BCUT2D eigenvalue weighted by atomic mass is 16.5. The number of pyridine rings is 1. The zero-order valence-corrected chi connectivity index (χ0v) is 12.8. The van der Waals surface area contributed by atoms with E-state index in [1.165, 1.54) is 0 Å². The van der Waals surface area contributed by atoms with Crippen LogP contribution in [0.4, 0.5) is 0 Å². The van der Waals surface area contributed by atoms with Crippen molar-refractivity contribution in [1.82, 2.24) is 10.3 Å². The van der Waals surface area contributed by atoms with E-state index in [1.54, 1.807) is 6.20 Å². The van der Waals surface area contributed by atoms with E-state index in [2.05, 4.69) is 23.3 Å². The topological polar surface area (TPSA) is 57.9 Å². The first kappa shape index (κ1) is 16.5. The van der Waals surface area contributed by atoms with Gasteiger partial charge in [0.25, 0.3) is 0 Å². The van der Waals surface area contributed by atoms with E-state index >= 15 is 0 Å². The van der Waals surface area contributed by atoms with E-state index < -0.39 is 0 Å². The van der Waals surface area contributed by atoms with Crippen LogP contribution in [0.3, 0.4) is 0 Å². The Morgan fingerprint density at radius 2 is 2.15 bits per heavy atom. The van der Waals surface area contributed by atoms with Crippen molar-refractivity contribution in [3.8, 4) is 11.8 Å². The molecule has 4 nitrogen and oxygen atoms in total. The zero-order valence-electron chi connectivity index (χ0n) is 12.8. The van der Waals surface area contributed by atoms with Crippen molar-refractivity contribution in [2.75, 3.05) is 13.2 Å². The lowest BCUT2D eigenvalue weighted by atomic mass is 9.89. The molecular weight excluding hydrogens is 250 g/mol. The van der Waals surface area contributed by atoms with Gasteiger partial charge in [-0.15, -0.1) is 0 Å². The second-order valence-electron chi connectivity index (χ2n) is 5.57. The summed E-state index contributed by atoms with van der Waals surface area (Å²) in [7, 11) is 0. The molecule has 0 aliphatic carbocycles. The zero-order chi connectivity index (χ0) is 14.8. The molecule has 0 fully saturated rings. The highest BCUT2D eigenvalue weighted by molar-refractivity contribution is 5.19. The number of rotatable bonds is 9. The molecule has 1 aromatic heterocycles. The van der Waals surface area contributed by atoms with Gasteiger partial charge in [-0.2, -0.15) is 5.26 Å². The molecule has 0 atom stereocenters. The molecule has 0 aromatic carbocycles. The molecule has 0 saturated carbocycles. The largest absolute Gasteiger partial charge is 0.492 e. The van der Waals surface area contributed by atoms with Gasteiger partial charge in [-0.1, -0.05) is 6.92 Å². The van der Waals surface area contributed by atoms with Crippen LogP contribution < -0.4 is 10.1 Å². The second-order valence-corrected chi connectivity index (χ2v) is 5.57. The molecule has 110 valence electrons. The van der Waals surface area contributed by atoms with Crippen molar-refractivity contribution in [1.29, 1.82) is 5.26 Å². The summed E-state index contributed by atoms with van der Waals surface area (Å²) in [6.45, 7) is 8.43. The van der Waals surface area contributed by atoms with E-state index in [9.17, 15) is 0 Å². The third-order valence-corrected chi connectivity index (χ3v) is 3.12. The van der Waals surface area contributed by atoms with Gasteiger partial charge < -0.3 is 10.1 Å². The van der Waals surface area contributed by atoms with Crippen molar-refractivity contribution >= 4 is 0 Å². The van der Waals surface area contributed by atoms with Gasteiger partial charge in [0.05, 0.1) is 30.0 Å². The Morgan fingerprint density at radius 1 is 1.35 bits per heavy atom. The van der Waals surface area contributed by atoms with Crippen LogP contribution in [0.1, 0.15) is 45.7 Å². The number of nitrogens with one attached hydrogen (secondary N) is 1. The van der Waals surface area contributed by atoms with Crippen LogP contribution in [-0.4, -0.2) is 18.1 Å². The molecular formula is C16H25N3O. The quantitative estimate of drug-likeness (QED) is 0.703. The SMILES string of the molecule is CCNCc1ccc(OCCCCC(C)(C)C#N)cn1. The van der Waals surface area contributed by atoms with Crippen LogP contribution in [0.2, 0.25) is 0 Å². The minimum atomic E-state index is -0.227. The standard InChI is InChI=1S/C16H25N3O/c1-4-18-11-14-7-8-15(12-19-14)20-10-6-5-9-16(2,3)13-17/h7-8,12,18H,4-6,9-11H2,1-3H3. The van der Waals surface area contributed by atoms with Gasteiger partial charge in [-0.05, 0) is 51.8 Å². The molecule has 0 unspecified atom stereocenters. The van der Waals surface area contributed by atoms with Gasteiger partial charge in [0.1, 0.15) is 5.75 Å². The third-order valence-electron chi connectivity index (χ3n) is 3.12. The van der Waals surface area contributed by atoms with E-state index in [-0.39, 0.29) is 5.41 Å². The minimum Gasteiger partial charge on any atom is -0.492 e. The van der Waals surface area contributed by atoms with Gasteiger partial charge >= 0.3 is 0 Å². The fourth-order valence-corrected chi connectivity index (χ4v) is 1.77. The summed E-state index contributed by atoms with van der Waals surface area (Å²) in [5.74, 6) is 0.810. The van der Waals surface area contributed by atoms with Crippen molar-refractivity contribution in [2.24, 2.45) is 5.41 Å². The molecule has 0 amide bonds. The van der Waals surface area contributed by atoms with Crippen LogP contribution in [0.5, 0.6) is 5.75 Å². The van der Waals surface area contributed by atoms with Crippen LogP contribution in [0, 0.1) is 16.7 Å². The summed E-state index contributed by atoms with van der Waals surface area (Å²) in [4.78, 5) is 4.34. The molecule has 0 spiro atoms. The first-order chi connectivity index (χ1) is 9.57. The molecule has 20 heavy (non-hydrogen) atoms. The molecule has 0 aliphatic rings. The molecule has 1 rings (SSSR count). The third kappa shape index (κ3) is 6.53. The summed E-state index contributed by atoms with van der Waals surface area (Å²) in [5, 5.41) is 12.2. The van der Waals surface area contributed by atoms with Crippen molar-refractivity contribution in [3.63, 3.8) is 0 Å². The minimum absolute atomic E-state index is 0.227. The van der Waals surface area contributed by atoms with E-state index in [1.807, 2.05) is 26.0 Å². The van der Waals surface area contributed by atoms with Gasteiger partial charge in [-0.3, -0.25) is 4.98 Å². The summed E-state index contributed by atoms with van der Waals surface area (Å²) < 4.78 is 5.65. The highest BCUT2D eigenvalue weighted by Gasteiger charge is 2.15. The molecule has 1 heterocycles. The van der Waals surface area contributed by atoms with Gasteiger partial charge in [-0.25, -0.2) is 0 Å². The smallest absolute Gasteiger partial charge is 0.137 e. The molecule has 0 radical (unpaired) electrons. The van der Waals surface area contributed by atoms with E-state index in [4.69, 9.17) is 10.00 Å². The van der Waals surface area contributed by atoms with Crippen LogP contribution >= 0.6 is 0 Å². The van der Waals surface area contributed by atoms with E-state index in [0.717, 1.165) is 43.8 Å². The van der Waals surface area contributed by atoms with E-state index in [0.29, 0.717) is 6.61 Å². The number of nitriles is 1.